The number of halogens is 2. The van der Waals surface area contributed by atoms with E-state index in [1.54, 1.807) is 30.6 Å². The van der Waals surface area contributed by atoms with E-state index in [2.05, 4.69) is 24.7 Å². The van der Waals surface area contributed by atoms with Gasteiger partial charge in [-0.1, -0.05) is 18.2 Å². The van der Waals surface area contributed by atoms with E-state index in [0.29, 0.717) is 48.6 Å². The van der Waals surface area contributed by atoms with Crippen molar-refractivity contribution in [2.24, 2.45) is 0 Å². The van der Waals surface area contributed by atoms with E-state index < -0.39 is 6.61 Å². The highest BCUT2D eigenvalue weighted by Gasteiger charge is 2.23. The van der Waals surface area contributed by atoms with Crippen LogP contribution in [0.15, 0.2) is 47.8 Å². The summed E-state index contributed by atoms with van der Waals surface area (Å²) in [6, 6.07) is 6.68. The molecule has 7 nitrogen and oxygen atoms in total. The van der Waals surface area contributed by atoms with Gasteiger partial charge in [0.05, 0.1) is 16.8 Å². The van der Waals surface area contributed by atoms with Gasteiger partial charge in [-0.15, -0.1) is 0 Å². The molecule has 1 aliphatic rings. The van der Waals surface area contributed by atoms with Gasteiger partial charge in [0.25, 0.3) is 5.56 Å². The Morgan fingerprint density at radius 2 is 2.00 bits per heavy atom. The van der Waals surface area contributed by atoms with Crippen LogP contribution in [0.25, 0.3) is 11.4 Å². The fraction of sp³-hybridized carbons (Fsp3) is 0.263. The molecule has 4 rings (SSSR count). The zero-order valence-electron chi connectivity index (χ0n) is 14.8. The van der Waals surface area contributed by atoms with Crippen LogP contribution < -0.4 is 10.3 Å². The summed E-state index contributed by atoms with van der Waals surface area (Å²) in [5.41, 5.74) is 2.39. The van der Waals surface area contributed by atoms with Crippen molar-refractivity contribution in [2.45, 2.75) is 26.1 Å². The molecule has 0 unspecified atom stereocenters. The van der Waals surface area contributed by atoms with Gasteiger partial charge in [0, 0.05) is 44.0 Å². The Balaban J connectivity index is 1.56. The number of H-pyrrole nitrogens is 1. The van der Waals surface area contributed by atoms with Gasteiger partial charge in [-0.25, -0.2) is 15.0 Å². The minimum absolute atomic E-state index is 0.148. The number of ether oxygens (including phenoxy) is 1. The topological polar surface area (TPSA) is 84.0 Å². The zero-order chi connectivity index (χ0) is 19.5. The maximum Gasteiger partial charge on any atom is 0.387 e. The summed E-state index contributed by atoms with van der Waals surface area (Å²) < 4.78 is 29.8. The van der Waals surface area contributed by atoms with Crippen LogP contribution >= 0.6 is 0 Å². The number of aromatic nitrogens is 4. The largest absolute Gasteiger partial charge is 0.434 e. The van der Waals surface area contributed by atoms with E-state index in [-0.39, 0.29) is 11.3 Å². The van der Waals surface area contributed by atoms with Crippen LogP contribution in [0.1, 0.15) is 16.8 Å². The highest BCUT2D eigenvalue weighted by molar-refractivity contribution is 5.52. The van der Waals surface area contributed by atoms with Gasteiger partial charge in [-0.3, -0.25) is 9.69 Å². The van der Waals surface area contributed by atoms with E-state index in [9.17, 15) is 13.6 Å². The summed E-state index contributed by atoms with van der Waals surface area (Å²) in [6.07, 6.45) is 5.17. The quantitative estimate of drug-likeness (QED) is 0.726. The SMILES string of the molecule is O=c1[nH]c(-c2cncnc2)nc2c1CN(Cc1ccccc1OC(F)F)CC2. The maximum atomic E-state index is 12.6. The molecule has 28 heavy (non-hydrogen) atoms. The van der Waals surface area contributed by atoms with Crippen LogP contribution in [-0.2, 0) is 19.5 Å². The lowest BCUT2D eigenvalue weighted by Gasteiger charge is -2.28. The number of benzene rings is 1. The van der Waals surface area contributed by atoms with Crippen LogP contribution in [0, 0.1) is 0 Å². The van der Waals surface area contributed by atoms with Crippen LogP contribution in [0.5, 0.6) is 5.75 Å². The lowest BCUT2D eigenvalue weighted by atomic mass is 10.1. The van der Waals surface area contributed by atoms with Gasteiger partial charge in [0.1, 0.15) is 17.9 Å². The second kappa shape index (κ2) is 7.81. The van der Waals surface area contributed by atoms with Gasteiger partial charge >= 0.3 is 6.61 Å². The lowest BCUT2D eigenvalue weighted by Crippen LogP contribution is -2.35. The molecule has 1 aromatic carbocycles. The molecule has 0 bridgehead atoms. The summed E-state index contributed by atoms with van der Waals surface area (Å²) in [5, 5.41) is 0. The minimum Gasteiger partial charge on any atom is -0.434 e. The van der Waals surface area contributed by atoms with Crippen molar-refractivity contribution in [1.29, 1.82) is 0 Å². The maximum absolute atomic E-state index is 12.6. The first-order valence-electron chi connectivity index (χ1n) is 8.72. The third-order valence-corrected chi connectivity index (χ3v) is 4.56. The van der Waals surface area contributed by atoms with Crippen molar-refractivity contribution >= 4 is 0 Å². The van der Waals surface area contributed by atoms with E-state index in [4.69, 9.17) is 0 Å². The molecule has 0 saturated carbocycles. The monoisotopic (exact) mass is 385 g/mol. The molecule has 1 N–H and O–H groups in total. The number of fused-ring (bicyclic) bond motifs is 1. The number of alkyl halides is 2. The number of rotatable bonds is 5. The first-order chi connectivity index (χ1) is 13.6. The van der Waals surface area contributed by atoms with E-state index in [0.717, 1.165) is 5.69 Å². The van der Waals surface area contributed by atoms with E-state index in [1.165, 1.54) is 12.4 Å². The van der Waals surface area contributed by atoms with Crippen LogP contribution in [-0.4, -0.2) is 38.0 Å². The van der Waals surface area contributed by atoms with E-state index >= 15 is 0 Å². The number of nitrogens with zero attached hydrogens (tertiary/aromatic N) is 4. The average Bonchev–Trinajstić information content (AvgIpc) is 2.70. The molecule has 0 atom stereocenters. The average molecular weight is 385 g/mol. The van der Waals surface area contributed by atoms with Gasteiger partial charge in [0.2, 0.25) is 0 Å². The first-order valence-corrected chi connectivity index (χ1v) is 8.72. The van der Waals surface area contributed by atoms with E-state index in [1.807, 2.05) is 4.90 Å². The van der Waals surface area contributed by atoms with Crippen molar-refractivity contribution in [2.75, 3.05) is 6.54 Å². The molecule has 3 aromatic rings. The highest BCUT2D eigenvalue weighted by Crippen LogP contribution is 2.24. The van der Waals surface area contributed by atoms with Gasteiger partial charge < -0.3 is 9.72 Å². The van der Waals surface area contributed by atoms with Gasteiger partial charge in [-0.05, 0) is 6.07 Å². The Morgan fingerprint density at radius 1 is 1.21 bits per heavy atom. The molecule has 0 amide bonds. The van der Waals surface area contributed by atoms with Crippen molar-refractivity contribution in [3.05, 3.63) is 70.2 Å². The lowest BCUT2D eigenvalue weighted by molar-refractivity contribution is -0.0508. The Labute approximate surface area is 159 Å². The molecular weight excluding hydrogens is 368 g/mol. The molecule has 0 saturated heterocycles. The second-order valence-electron chi connectivity index (χ2n) is 6.41. The second-order valence-corrected chi connectivity index (χ2v) is 6.41. The summed E-state index contributed by atoms with van der Waals surface area (Å²) in [6.45, 7) is -1.45. The molecule has 1 aliphatic heterocycles. The third kappa shape index (κ3) is 3.89. The Bertz CT molecular complexity index is 1030. The molecule has 3 heterocycles. The zero-order valence-corrected chi connectivity index (χ0v) is 14.8. The summed E-state index contributed by atoms with van der Waals surface area (Å²) in [5.74, 6) is 0.586. The number of nitrogens with one attached hydrogen (secondary N) is 1. The first kappa shape index (κ1) is 18.2. The smallest absolute Gasteiger partial charge is 0.387 e. The molecule has 0 fully saturated rings. The molecule has 9 heteroatoms. The Morgan fingerprint density at radius 3 is 2.79 bits per heavy atom. The number of hydrogen-bond donors (Lipinski definition) is 1. The Kier molecular flexibility index (Phi) is 5.07. The summed E-state index contributed by atoms with van der Waals surface area (Å²) in [4.78, 5) is 29.8. The van der Waals surface area contributed by atoms with Crippen molar-refractivity contribution < 1.29 is 13.5 Å². The molecule has 0 aliphatic carbocycles. The molecule has 2 aromatic heterocycles. The third-order valence-electron chi connectivity index (χ3n) is 4.56. The standard InChI is InChI=1S/C19H17F2N5O2/c20-19(21)28-16-4-2-1-3-12(16)9-26-6-5-15-14(10-26)18(27)25-17(24-15)13-7-22-11-23-8-13/h1-4,7-8,11,19H,5-6,9-10H2,(H,24,25,27). The number of para-hydroxylation sites is 1. The minimum atomic E-state index is -2.88. The van der Waals surface area contributed by atoms with Gasteiger partial charge in [0.15, 0.2) is 0 Å². The predicted octanol–water partition coefficient (Wildman–Crippen LogP) is 2.39. The van der Waals surface area contributed by atoms with Crippen molar-refractivity contribution in [3.8, 4) is 17.1 Å². The fourth-order valence-electron chi connectivity index (χ4n) is 3.26. The summed E-state index contributed by atoms with van der Waals surface area (Å²) >= 11 is 0. The van der Waals surface area contributed by atoms with Crippen LogP contribution in [0.3, 0.4) is 0 Å². The number of hydrogen-bond acceptors (Lipinski definition) is 6. The predicted molar refractivity (Wildman–Crippen MR) is 96.8 cm³/mol. The van der Waals surface area contributed by atoms with Crippen molar-refractivity contribution in [3.63, 3.8) is 0 Å². The van der Waals surface area contributed by atoms with Crippen molar-refractivity contribution in [1.82, 2.24) is 24.8 Å². The molecular formula is C19H17F2N5O2. The molecule has 0 spiro atoms. The van der Waals surface area contributed by atoms with Crippen LogP contribution in [0.4, 0.5) is 8.78 Å². The number of aromatic amines is 1. The summed E-state index contributed by atoms with van der Waals surface area (Å²) in [7, 11) is 0. The normalized spacial score (nSPS) is 14.1. The van der Waals surface area contributed by atoms with Crippen LogP contribution in [0.2, 0.25) is 0 Å². The highest BCUT2D eigenvalue weighted by atomic mass is 19.3. The Hall–Kier alpha value is -3.20. The van der Waals surface area contributed by atoms with Gasteiger partial charge in [-0.2, -0.15) is 8.78 Å². The molecule has 144 valence electrons. The fourth-order valence-corrected chi connectivity index (χ4v) is 3.26. The molecule has 0 radical (unpaired) electrons.